The number of allylic oxidation sites excluding steroid dienone is 6. The van der Waals surface area contributed by atoms with Gasteiger partial charge in [0.25, 0.3) is 0 Å². The standard InChI is InChI=1S/C17H19ClO2S/c1-11(6-5-7-12(2)10-16(19)20)8-9-15-13(3)17(18)21-14(15)4/h5-10H,1-4H3,(H,19,20)/b7-5+,9-8+,11-6+,12-10+. The number of thiophene rings is 1. The zero-order valence-electron chi connectivity index (χ0n) is 12.6. The van der Waals surface area contributed by atoms with Gasteiger partial charge >= 0.3 is 5.97 Å². The SMILES string of the molecule is CC(/C=C/c1c(C)sc(Cl)c1C)=C\C=C\C(C)=C\C(=O)O. The largest absolute Gasteiger partial charge is 0.478 e. The van der Waals surface area contributed by atoms with Crippen LogP contribution in [0.3, 0.4) is 0 Å². The number of rotatable bonds is 5. The minimum atomic E-state index is -0.932. The van der Waals surface area contributed by atoms with E-state index in [9.17, 15) is 4.79 Å². The van der Waals surface area contributed by atoms with Gasteiger partial charge in [0.1, 0.15) is 0 Å². The summed E-state index contributed by atoms with van der Waals surface area (Å²) in [6.45, 7) is 7.83. The third-order valence-corrected chi connectivity index (χ3v) is 4.43. The van der Waals surface area contributed by atoms with Crippen molar-refractivity contribution in [2.45, 2.75) is 27.7 Å². The van der Waals surface area contributed by atoms with E-state index in [-0.39, 0.29) is 0 Å². The summed E-state index contributed by atoms with van der Waals surface area (Å²) in [6.07, 6.45) is 10.8. The molecule has 1 N–H and O–H groups in total. The topological polar surface area (TPSA) is 37.3 Å². The van der Waals surface area contributed by atoms with Gasteiger partial charge in [-0.3, -0.25) is 0 Å². The van der Waals surface area contributed by atoms with Crippen LogP contribution in [0.5, 0.6) is 0 Å². The van der Waals surface area contributed by atoms with Gasteiger partial charge in [0, 0.05) is 11.0 Å². The first-order valence-corrected chi connectivity index (χ1v) is 7.70. The average molecular weight is 323 g/mol. The molecule has 0 aromatic carbocycles. The fraction of sp³-hybridized carbons (Fsp3) is 0.235. The summed E-state index contributed by atoms with van der Waals surface area (Å²) in [5, 5.41) is 8.61. The fourth-order valence-electron chi connectivity index (χ4n) is 1.74. The highest BCUT2D eigenvalue weighted by Crippen LogP contribution is 2.32. The van der Waals surface area contributed by atoms with E-state index in [1.807, 2.05) is 32.1 Å². The number of carboxylic acids is 1. The lowest BCUT2D eigenvalue weighted by molar-refractivity contribution is -0.131. The highest BCUT2D eigenvalue weighted by molar-refractivity contribution is 7.16. The summed E-state index contributed by atoms with van der Waals surface area (Å²) in [4.78, 5) is 11.7. The highest BCUT2D eigenvalue weighted by Gasteiger charge is 2.07. The lowest BCUT2D eigenvalue weighted by Gasteiger charge is -1.95. The van der Waals surface area contributed by atoms with Crippen LogP contribution in [0.25, 0.3) is 6.08 Å². The Bertz CT molecular complexity index is 646. The second-order valence-electron chi connectivity index (χ2n) is 4.80. The van der Waals surface area contributed by atoms with Gasteiger partial charge in [-0.25, -0.2) is 4.79 Å². The van der Waals surface area contributed by atoms with Crippen LogP contribution < -0.4 is 0 Å². The Balaban J connectivity index is 2.79. The van der Waals surface area contributed by atoms with Gasteiger partial charge < -0.3 is 5.11 Å². The number of hydrogen-bond donors (Lipinski definition) is 1. The summed E-state index contributed by atoms with van der Waals surface area (Å²) < 4.78 is 0.836. The number of carbonyl (C=O) groups is 1. The number of hydrogen-bond acceptors (Lipinski definition) is 2. The number of carboxylic acid groups (broad SMARTS) is 1. The van der Waals surface area contributed by atoms with Gasteiger partial charge in [0.05, 0.1) is 4.34 Å². The monoisotopic (exact) mass is 322 g/mol. The quantitative estimate of drug-likeness (QED) is 0.568. The Morgan fingerprint density at radius 2 is 1.86 bits per heavy atom. The minimum absolute atomic E-state index is 0.701. The van der Waals surface area contributed by atoms with E-state index in [0.717, 1.165) is 15.5 Å². The van der Waals surface area contributed by atoms with Gasteiger partial charge in [-0.1, -0.05) is 47.6 Å². The van der Waals surface area contributed by atoms with Crippen molar-refractivity contribution in [3.63, 3.8) is 0 Å². The third kappa shape index (κ3) is 5.74. The van der Waals surface area contributed by atoms with Crippen molar-refractivity contribution in [1.29, 1.82) is 0 Å². The van der Waals surface area contributed by atoms with E-state index in [0.29, 0.717) is 5.57 Å². The normalized spacial score (nSPS) is 13.6. The molecule has 0 aliphatic heterocycles. The van der Waals surface area contributed by atoms with Gasteiger partial charge in [-0.15, -0.1) is 11.3 Å². The van der Waals surface area contributed by atoms with Crippen molar-refractivity contribution in [3.8, 4) is 0 Å². The van der Waals surface area contributed by atoms with E-state index in [2.05, 4.69) is 13.0 Å². The number of aliphatic carboxylic acids is 1. The van der Waals surface area contributed by atoms with Crippen molar-refractivity contribution in [3.05, 3.63) is 61.9 Å². The van der Waals surface area contributed by atoms with Crippen molar-refractivity contribution in [2.75, 3.05) is 0 Å². The van der Waals surface area contributed by atoms with Crippen molar-refractivity contribution >= 4 is 35.0 Å². The first kappa shape index (κ1) is 17.5. The molecule has 0 atom stereocenters. The Hall–Kier alpha value is -1.58. The predicted octanol–water partition coefficient (Wildman–Crippen LogP) is 5.56. The Morgan fingerprint density at radius 1 is 1.19 bits per heavy atom. The second kappa shape index (κ2) is 8.01. The van der Waals surface area contributed by atoms with E-state index in [4.69, 9.17) is 16.7 Å². The van der Waals surface area contributed by atoms with Crippen molar-refractivity contribution < 1.29 is 9.90 Å². The average Bonchev–Trinajstić information content (AvgIpc) is 2.60. The highest BCUT2D eigenvalue weighted by atomic mass is 35.5. The molecule has 0 saturated heterocycles. The van der Waals surface area contributed by atoms with Crippen molar-refractivity contribution in [1.82, 2.24) is 0 Å². The molecule has 1 rings (SSSR count). The lowest BCUT2D eigenvalue weighted by atomic mass is 10.1. The molecule has 0 fully saturated rings. The molecule has 0 spiro atoms. The molecule has 0 saturated carbocycles. The number of halogens is 1. The van der Waals surface area contributed by atoms with Crippen LogP contribution in [-0.2, 0) is 4.79 Å². The van der Waals surface area contributed by atoms with Crippen LogP contribution in [0.1, 0.15) is 29.9 Å². The summed E-state index contributed by atoms with van der Waals surface area (Å²) >= 11 is 7.71. The van der Waals surface area contributed by atoms with E-state index >= 15 is 0 Å². The van der Waals surface area contributed by atoms with Gasteiger partial charge in [-0.05, 0) is 44.4 Å². The van der Waals surface area contributed by atoms with E-state index in [1.165, 1.54) is 16.5 Å². The van der Waals surface area contributed by atoms with Crippen molar-refractivity contribution in [2.24, 2.45) is 0 Å². The molecule has 1 aromatic rings. The lowest BCUT2D eigenvalue weighted by Crippen LogP contribution is -1.87. The number of aryl methyl sites for hydroxylation is 1. The maximum Gasteiger partial charge on any atom is 0.328 e. The summed E-state index contributed by atoms with van der Waals surface area (Å²) in [5.41, 5.74) is 4.06. The molecule has 1 aromatic heterocycles. The van der Waals surface area contributed by atoms with Crippen LogP contribution >= 0.6 is 22.9 Å². The zero-order valence-corrected chi connectivity index (χ0v) is 14.2. The van der Waals surface area contributed by atoms with Crippen LogP contribution in [0, 0.1) is 13.8 Å². The molecule has 0 aliphatic carbocycles. The maximum atomic E-state index is 10.5. The van der Waals surface area contributed by atoms with Crippen LogP contribution in [-0.4, -0.2) is 11.1 Å². The molecule has 0 aliphatic rings. The maximum absolute atomic E-state index is 10.5. The molecule has 4 heteroatoms. The summed E-state index contributed by atoms with van der Waals surface area (Å²) in [6, 6.07) is 0. The zero-order chi connectivity index (χ0) is 16.0. The molecule has 0 amide bonds. The molecule has 1 heterocycles. The molecule has 0 bridgehead atoms. The summed E-state index contributed by atoms with van der Waals surface area (Å²) in [7, 11) is 0. The molecule has 0 radical (unpaired) electrons. The van der Waals surface area contributed by atoms with Crippen LogP contribution in [0.15, 0.2) is 41.5 Å². The molecule has 2 nitrogen and oxygen atoms in total. The Morgan fingerprint density at radius 3 is 2.38 bits per heavy atom. The van der Waals surface area contributed by atoms with Gasteiger partial charge in [0.15, 0.2) is 0 Å². The van der Waals surface area contributed by atoms with Crippen LogP contribution in [0.4, 0.5) is 0 Å². The first-order chi connectivity index (χ1) is 9.81. The smallest absolute Gasteiger partial charge is 0.328 e. The second-order valence-corrected chi connectivity index (χ2v) is 6.63. The molecule has 21 heavy (non-hydrogen) atoms. The molecule has 0 unspecified atom stereocenters. The van der Waals surface area contributed by atoms with Crippen LogP contribution in [0.2, 0.25) is 4.34 Å². The predicted molar refractivity (Wildman–Crippen MR) is 92.1 cm³/mol. The minimum Gasteiger partial charge on any atom is -0.478 e. The molecule has 112 valence electrons. The molecular formula is C17H19ClO2S. The van der Waals surface area contributed by atoms with Gasteiger partial charge in [0.2, 0.25) is 0 Å². The van der Waals surface area contributed by atoms with E-state index in [1.54, 1.807) is 24.3 Å². The Labute approximate surface area is 134 Å². The first-order valence-electron chi connectivity index (χ1n) is 6.51. The molecular weight excluding hydrogens is 304 g/mol. The fourth-order valence-corrected chi connectivity index (χ4v) is 3.06. The van der Waals surface area contributed by atoms with Gasteiger partial charge in [-0.2, -0.15) is 0 Å². The van der Waals surface area contributed by atoms with E-state index < -0.39 is 5.97 Å². The summed E-state index contributed by atoms with van der Waals surface area (Å²) in [5.74, 6) is -0.932. The Kier molecular flexibility index (Phi) is 6.66. The third-order valence-electron chi connectivity index (χ3n) is 2.90.